The summed E-state index contributed by atoms with van der Waals surface area (Å²) in [7, 11) is 0. The first-order chi connectivity index (χ1) is 13.5. The number of rotatable bonds is 4. The second-order valence-electron chi connectivity index (χ2n) is 7.37. The van der Waals surface area contributed by atoms with Crippen molar-refractivity contribution in [2.45, 2.75) is 45.3 Å². The van der Waals surface area contributed by atoms with Gasteiger partial charge in [0.05, 0.1) is 0 Å². The molecule has 1 aliphatic heterocycles. The van der Waals surface area contributed by atoms with Gasteiger partial charge in [0.1, 0.15) is 12.7 Å². The highest BCUT2D eigenvalue weighted by Gasteiger charge is 2.37. The van der Waals surface area contributed by atoms with Crippen LogP contribution in [0.2, 0.25) is 0 Å². The molecule has 1 aromatic carbocycles. The predicted octanol–water partition coefficient (Wildman–Crippen LogP) is 4.46. The lowest BCUT2D eigenvalue weighted by Crippen LogP contribution is -2.24. The van der Waals surface area contributed by atoms with Gasteiger partial charge in [0, 0.05) is 18.0 Å². The van der Waals surface area contributed by atoms with Gasteiger partial charge in [0.15, 0.2) is 0 Å². The Bertz CT molecular complexity index is 794. The standard InChI is InChI=1S/C23H27NO4/c1-16-7-6-10-19(11-12-20-17(2)22(25)28-21(20)13-16)15-27-23(26)24-14-18-8-4-3-5-9-18/h3-5,8-10,13,20-21H,2,6-7,11-12,14-15H2,1H3,(H,24,26)/b16-13-,19-10+/t20-,21-/m1/s1. The molecule has 1 aromatic rings. The summed E-state index contributed by atoms with van der Waals surface area (Å²) in [5, 5.41) is 2.77. The number of carbonyl (C=O) groups is 2. The fraction of sp³-hybridized carbons (Fsp3) is 0.391. The average molecular weight is 381 g/mol. The number of amides is 1. The average Bonchev–Trinajstić information content (AvgIpc) is 2.95. The SMILES string of the molecule is C=C1C(=O)O[C@@H]2/C=C(/C)CC/C=C(/COC(=O)NCc3ccccc3)CC[C@H]12. The molecule has 28 heavy (non-hydrogen) atoms. The van der Waals surface area contributed by atoms with Crippen molar-refractivity contribution in [3.05, 3.63) is 71.3 Å². The zero-order chi connectivity index (χ0) is 19.9. The van der Waals surface area contributed by atoms with Crippen LogP contribution in [-0.4, -0.2) is 24.8 Å². The molecular weight excluding hydrogens is 354 g/mol. The topological polar surface area (TPSA) is 64.6 Å². The Kier molecular flexibility index (Phi) is 6.69. The highest BCUT2D eigenvalue weighted by molar-refractivity contribution is 5.91. The third-order valence-electron chi connectivity index (χ3n) is 5.21. The minimum absolute atomic E-state index is 0.0177. The van der Waals surface area contributed by atoms with Gasteiger partial charge >= 0.3 is 12.1 Å². The number of carbonyl (C=O) groups excluding carboxylic acids is 2. The molecule has 2 atom stereocenters. The monoisotopic (exact) mass is 381 g/mol. The van der Waals surface area contributed by atoms with Crippen LogP contribution in [0.5, 0.6) is 0 Å². The van der Waals surface area contributed by atoms with Crippen molar-refractivity contribution in [3.8, 4) is 0 Å². The van der Waals surface area contributed by atoms with E-state index in [9.17, 15) is 9.59 Å². The number of hydrogen-bond donors (Lipinski definition) is 1. The van der Waals surface area contributed by atoms with E-state index in [1.54, 1.807) is 0 Å². The third kappa shape index (κ3) is 5.35. The van der Waals surface area contributed by atoms with E-state index in [0.29, 0.717) is 12.1 Å². The first-order valence-corrected chi connectivity index (χ1v) is 9.72. The summed E-state index contributed by atoms with van der Waals surface area (Å²) in [6, 6.07) is 9.71. The van der Waals surface area contributed by atoms with Gasteiger partial charge in [-0.1, -0.05) is 48.6 Å². The van der Waals surface area contributed by atoms with Gasteiger partial charge in [0.2, 0.25) is 0 Å². The minimum Gasteiger partial charge on any atom is -0.454 e. The van der Waals surface area contributed by atoms with Crippen LogP contribution in [0.1, 0.15) is 38.2 Å². The van der Waals surface area contributed by atoms with Crippen molar-refractivity contribution < 1.29 is 19.1 Å². The number of hydrogen-bond acceptors (Lipinski definition) is 4. The summed E-state index contributed by atoms with van der Waals surface area (Å²) < 4.78 is 10.9. The number of allylic oxidation sites excluding steroid dienone is 2. The highest BCUT2D eigenvalue weighted by Crippen LogP contribution is 2.34. The highest BCUT2D eigenvalue weighted by atomic mass is 16.6. The quantitative estimate of drug-likeness (QED) is 0.475. The Morgan fingerprint density at radius 1 is 1.29 bits per heavy atom. The third-order valence-corrected chi connectivity index (χ3v) is 5.21. The molecule has 0 bridgehead atoms. The molecule has 1 aliphatic carbocycles. The van der Waals surface area contributed by atoms with Crippen LogP contribution >= 0.6 is 0 Å². The molecule has 148 valence electrons. The Labute approximate surface area is 166 Å². The fourth-order valence-corrected chi connectivity index (χ4v) is 3.54. The molecule has 2 aliphatic rings. The van der Waals surface area contributed by atoms with Gasteiger partial charge in [0.25, 0.3) is 0 Å². The van der Waals surface area contributed by atoms with Crippen LogP contribution in [0.25, 0.3) is 0 Å². The van der Waals surface area contributed by atoms with Crippen LogP contribution < -0.4 is 5.32 Å². The number of benzene rings is 1. The molecule has 1 fully saturated rings. The van der Waals surface area contributed by atoms with E-state index in [2.05, 4.69) is 24.9 Å². The van der Waals surface area contributed by atoms with Crippen molar-refractivity contribution in [2.24, 2.45) is 5.92 Å². The second kappa shape index (κ2) is 9.40. The summed E-state index contributed by atoms with van der Waals surface area (Å²) in [5.74, 6) is -0.323. The maximum absolute atomic E-state index is 12.0. The van der Waals surface area contributed by atoms with E-state index >= 15 is 0 Å². The minimum atomic E-state index is -0.431. The van der Waals surface area contributed by atoms with Crippen LogP contribution in [0.3, 0.4) is 0 Å². The van der Waals surface area contributed by atoms with Gasteiger partial charge < -0.3 is 14.8 Å². The Hall–Kier alpha value is -2.82. The predicted molar refractivity (Wildman–Crippen MR) is 107 cm³/mol. The summed E-state index contributed by atoms with van der Waals surface area (Å²) in [6.07, 6.45) is 6.79. The Morgan fingerprint density at radius 2 is 2.07 bits per heavy atom. The molecule has 0 spiro atoms. The van der Waals surface area contributed by atoms with E-state index < -0.39 is 6.09 Å². The van der Waals surface area contributed by atoms with E-state index in [4.69, 9.17) is 9.47 Å². The molecule has 0 radical (unpaired) electrons. The normalized spacial score (nSPS) is 26.2. The molecule has 1 N–H and O–H groups in total. The molecule has 5 nitrogen and oxygen atoms in total. The van der Waals surface area contributed by atoms with Gasteiger partial charge in [-0.2, -0.15) is 0 Å². The zero-order valence-corrected chi connectivity index (χ0v) is 16.3. The maximum Gasteiger partial charge on any atom is 0.407 e. The first-order valence-electron chi connectivity index (χ1n) is 9.72. The van der Waals surface area contributed by atoms with E-state index in [1.165, 1.54) is 5.57 Å². The number of alkyl carbamates (subject to hydrolysis) is 1. The van der Waals surface area contributed by atoms with E-state index in [-0.39, 0.29) is 24.6 Å². The van der Waals surface area contributed by atoms with Crippen molar-refractivity contribution in [1.29, 1.82) is 0 Å². The molecule has 1 saturated heterocycles. The first kappa shape index (κ1) is 19.9. The molecular formula is C23H27NO4. The van der Waals surface area contributed by atoms with Crippen LogP contribution in [0, 0.1) is 5.92 Å². The summed E-state index contributed by atoms with van der Waals surface area (Å²) in [6.45, 7) is 6.64. The number of esters is 1. The van der Waals surface area contributed by atoms with E-state index in [0.717, 1.165) is 36.8 Å². The van der Waals surface area contributed by atoms with Gasteiger partial charge in [-0.3, -0.25) is 0 Å². The summed E-state index contributed by atoms with van der Waals surface area (Å²) >= 11 is 0. The van der Waals surface area contributed by atoms with Crippen molar-refractivity contribution in [1.82, 2.24) is 5.32 Å². The van der Waals surface area contributed by atoms with Crippen LogP contribution in [-0.2, 0) is 20.8 Å². The smallest absolute Gasteiger partial charge is 0.407 e. The van der Waals surface area contributed by atoms with Gasteiger partial charge in [-0.25, -0.2) is 9.59 Å². The Balaban J connectivity index is 1.54. The van der Waals surface area contributed by atoms with Crippen molar-refractivity contribution >= 4 is 12.1 Å². The van der Waals surface area contributed by atoms with Crippen molar-refractivity contribution in [2.75, 3.05) is 6.61 Å². The molecule has 5 heteroatoms. The number of ether oxygens (including phenoxy) is 2. The number of nitrogens with one attached hydrogen (secondary N) is 1. The maximum atomic E-state index is 12.0. The molecule has 3 rings (SSSR count). The second-order valence-corrected chi connectivity index (χ2v) is 7.37. The van der Waals surface area contributed by atoms with Gasteiger partial charge in [-0.15, -0.1) is 0 Å². The molecule has 1 heterocycles. The summed E-state index contributed by atoms with van der Waals surface area (Å²) in [4.78, 5) is 23.9. The van der Waals surface area contributed by atoms with Gasteiger partial charge in [-0.05, 0) is 49.8 Å². The largest absolute Gasteiger partial charge is 0.454 e. The van der Waals surface area contributed by atoms with Crippen LogP contribution in [0.15, 0.2) is 65.8 Å². The molecule has 0 aromatic heterocycles. The lowest BCUT2D eigenvalue weighted by atomic mass is 9.88. The molecule has 0 unspecified atom stereocenters. The van der Waals surface area contributed by atoms with Crippen LogP contribution in [0.4, 0.5) is 4.79 Å². The van der Waals surface area contributed by atoms with E-state index in [1.807, 2.05) is 36.4 Å². The molecule has 1 amide bonds. The lowest BCUT2D eigenvalue weighted by molar-refractivity contribution is -0.137. The molecule has 0 saturated carbocycles. The Morgan fingerprint density at radius 3 is 2.86 bits per heavy atom. The number of fused-ring (bicyclic) bond motifs is 1. The van der Waals surface area contributed by atoms with Crippen molar-refractivity contribution in [3.63, 3.8) is 0 Å². The zero-order valence-electron chi connectivity index (χ0n) is 16.3. The fourth-order valence-electron chi connectivity index (χ4n) is 3.54. The lowest BCUT2D eigenvalue weighted by Gasteiger charge is -2.18. The summed E-state index contributed by atoms with van der Waals surface area (Å²) in [5.41, 5.74) is 3.82.